The van der Waals surface area contributed by atoms with Gasteiger partial charge in [0.15, 0.2) is 11.5 Å². The third kappa shape index (κ3) is 5.32. The molecule has 0 radical (unpaired) electrons. The van der Waals surface area contributed by atoms with Crippen LogP contribution in [-0.4, -0.2) is 47.7 Å². The highest BCUT2D eigenvalue weighted by molar-refractivity contribution is 6.09. The first-order valence-corrected chi connectivity index (χ1v) is 10.8. The average Bonchev–Trinajstić information content (AvgIpc) is 3.09. The number of benzene rings is 3. The Labute approximate surface area is 205 Å². The van der Waals surface area contributed by atoms with E-state index in [1.54, 1.807) is 7.05 Å². The molecule has 3 aromatic carbocycles. The minimum atomic E-state index is -5.08. The summed E-state index contributed by atoms with van der Waals surface area (Å²) >= 11 is 0. The van der Waals surface area contributed by atoms with Crippen LogP contribution in [0.25, 0.3) is 11.1 Å². The number of rotatable bonds is 5. The van der Waals surface area contributed by atoms with Crippen LogP contribution in [0.2, 0.25) is 0 Å². The van der Waals surface area contributed by atoms with Crippen molar-refractivity contribution in [3.8, 4) is 16.9 Å². The summed E-state index contributed by atoms with van der Waals surface area (Å²) in [5.41, 5.74) is 8.43. The molecule has 1 unspecified atom stereocenters. The molecule has 0 fully saturated rings. The number of nitrogens with zero attached hydrogens (tertiary/aromatic N) is 2. The van der Waals surface area contributed by atoms with Gasteiger partial charge in [-0.3, -0.25) is 9.69 Å². The molecule has 10 heteroatoms. The number of amides is 1. The van der Waals surface area contributed by atoms with Crippen LogP contribution in [0.15, 0.2) is 83.9 Å². The van der Waals surface area contributed by atoms with Crippen molar-refractivity contribution in [1.82, 2.24) is 4.90 Å². The molecule has 1 atom stereocenters. The number of hydrogen-bond acceptors (Lipinski definition) is 5. The first kappa shape index (κ1) is 26.3. The van der Waals surface area contributed by atoms with E-state index in [9.17, 15) is 18.0 Å². The Balaban J connectivity index is 0.000000454. The van der Waals surface area contributed by atoms with Crippen molar-refractivity contribution in [3.63, 3.8) is 0 Å². The van der Waals surface area contributed by atoms with Gasteiger partial charge >= 0.3 is 12.1 Å². The normalized spacial score (nSPS) is 17.2. The van der Waals surface area contributed by atoms with E-state index in [1.807, 2.05) is 85.8 Å². The van der Waals surface area contributed by atoms with Crippen LogP contribution >= 0.6 is 0 Å². The van der Waals surface area contributed by atoms with E-state index in [1.165, 1.54) is 4.90 Å². The van der Waals surface area contributed by atoms with Gasteiger partial charge in [0.25, 0.3) is 5.91 Å². The number of halogens is 3. The molecule has 0 saturated carbocycles. The van der Waals surface area contributed by atoms with Crippen molar-refractivity contribution in [2.24, 2.45) is 10.7 Å². The Morgan fingerprint density at radius 2 is 1.56 bits per heavy atom. The van der Waals surface area contributed by atoms with Gasteiger partial charge in [-0.05, 0) is 47.4 Å². The van der Waals surface area contributed by atoms with Gasteiger partial charge in [-0.15, -0.1) is 0 Å². The Kier molecular flexibility index (Phi) is 7.67. The van der Waals surface area contributed by atoms with E-state index in [0.29, 0.717) is 6.61 Å². The molecule has 0 saturated heterocycles. The van der Waals surface area contributed by atoms with E-state index in [-0.39, 0.29) is 11.9 Å². The fourth-order valence-electron chi connectivity index (χ4n) is 3.72. The summed E-state index contributed by atoms with van der Waals surface area (Å²) in [4.78, 5) is 28.3. The molecule has 0 aliphatic carbocycles. The SMILES string of the molecule is CCOc1cccc(-c2cccc(C3(c4ccccc4)N=C(N)N(C)C3=O)c2)c1.O=C(O)C(F)(F)F. The lowest BCUT2D eigenvalue weighted by molar-refractivity contribution is -0.192. The van der Waals surface area contributed by atoms with Crippen molar-refractivity contribution in [1.29, 1.82) is 0 Å². The summed E-state index contributed by atoms with van der Waals surface area (Å²) in [6.07, 6.45) is -5.08. The molecule has 1 aliphatic heterocycles. The maximum absolute atomic E-state index is 13.3. The van der Waals surface area contributed by atoms with Crippen molar-refractivity contribution in [2.75, 3.05) is 13.7 Å². The van der Waals surface area contributed by atoms with Gasteiger partial charge in [0.1, 0.15) is 5.75 Å². The summed E-state index contributed by atoms with van der Waals surface area (Å²) in [5.74, 6) is -1.90. The minimum Gasteiger partial charge on any atom is -0.494 e. The van der Waals surface area contributed by atoms with Crippen LogP contribution in [0.5, 0.6) is 5.75 Å². The van der Waals surface area contributed by atoms with Gasteiger partial charge in [-0.25, -0.2) is 9.79 Å². The lowest BCUT2D eigenvalue weighted by atomic mass is 9.82. The van der Waals surface area contributed by atoms with Gasteiger partial charge < -0.3 is 15.6 Å². The smallest absolute Gasteiger partial charge is 0.490 e. The Morgan fingerprint density at radius 1 is 1.00 bits per heavy atom. The van der Waals surface area contributed by atoms with Gasteiger partial charge in [-0.2, -0.15) is 13.2 Å². The predicted molar refractivity (Wildman–Crippen MR) is 128 cm³/mol. The highest BCUT2D eigenvalue weighted by Crippen LogP contribution is 2.40. The molecule has 3 N–H and O–H groups in total. The highest BCUT2D eigenvalue weighted by Gasteiger charge is 2.49. The number of carboxylic acids is 1. The zero-order valence-electron chi connectivity index (χ0n) is 19.5. The van der Waals surface area contributed by atoms with Gasteiger partial charge in [0, 0.05) is 7.05 Å². The molecule has 7 nitrogen and oxygen atoms in total. The van der Waals surface area contributed by atoms with Gasteiger partial charge in [-0.1, -0.05) is 60.7 Å². The average molecular weight is 499 g/mol. The number of guanidine groups is 1. The van der Waals surface area contributed by atoms with Crippen molar-refractivity contribution >= 4 is 17.8 Å². The van der Waals surface area contributed by atoms with Crippen LogP contribution in [0.3, 0.4) is 0 Å². The standard InChI is InChI=1S/C24H23N3O2.C2HF3O2/c1-3-29-21-14-8-10-18(16-21)17-9-7-13-20(15-17)24(19-11-5-4-6-12-19)22(28)27(2)23(25)26-24;3-2(4,5)1(6)7/h4-16H,3H2,1-2H3,(H2,25,26);(H,6,7). The fraction of sp³-hybridized carbons (Fsp3) is 0.192. The van der Waals surface area contributed by atoms with E-state index < -0.39 is 17.7 Å². The summed E-state index contributed by atoms with van der Waals surface area (Å²) in [5, 5.41) is 7.12. The predicted octanol–water partition coefficient (Wildman–Crippen LogP) is 4.42. The number of aliphatic imine (C=N–C) groups is 1. The summed E-state index contributed by atoms with van der Waals surface area (Å²) < 4.78 is 37.4. The summed E-state index contributed by atoms with van der Waals surface area (Å²) in [7, 11) is 1.65. The summed E-state index contributed by atoms with van der Waals surface area (Å²) in [6.45, 7) is 2.57. The van der Waals surface area contributed by atoms with Crippen molar-refractivity contribution in [2.45, 2.75) is 18.6 Å². The second-order valence-electron chi connectivity index (χ2n) is 7.76. The number of carbonyl (C=O) groups excluding carboxylic acids is 1. The quantitative estimate of drug-likeness (QED) is 0.541. The number of carbonyl (C=O) groups is 2. The van der Waals surface area contributed by atoms with Gasteiger partial charge in [0.05, 0.1) is 6.61 Å². The van der Waals surface area contributed by atoms with E-state index in [2.05, 4.69) is 4.99 Å². The molecule has 1 heterocycles. The topological polar surface area (TPSA) is 105 Å². The maximum Gasteiger partial charge on any atom is 0.490 e. The second kappa shape index (κ2) is 10.5. The Morgan fingerprint density at radius 3 is 2.08 bits per heavy atom. The lowest BCUT2D eigenvalue weighted by Gasteiger charge is -2.26. The van der Waals surface area contributed by atoms with E-state index >= 15 is 0 Å². The molecule has 0 aromatic heterocycles. The number of ether oxygens (including phenoxy) is 1. The molecule has 0 bridgehead atoms. The molecule has 0 spiro atoms. The third-order valence-electron chi connectivity index (χ3n) is 5.43. The number of likely N-dealkylation sites (N-methyl/N-ethyl adjacent to an activating group) is 1. The van der Waals surface area contributed by atoms with E-state index in [4.69, 9.17) is 20.4 Å². The lowest BCUT2D eigenvalue weighted by Crippen LogP contribution is -2.41. The molecule has 3 aromatic rings. The Bertz CT molecular complexity index is 1280. The van der Waals surface area contributed by atoms with Crippen molar-refractivity contribution in [3.05, 3.63) is 90.0 Å². The monoisotopic (exact) mass is 499 g/mol. The maximum atomic E-state index is 13.3. The third-order valence-corrected chi connectivity index (χ3v) is 5.43. The van der Waals surface area contributed by atoms with Crippen LogP contribution in [0.4, 0.5) is 13.2 Å². The molecule has 36 heavy (non-hydrogen) atoms. The first-order valence-electron chi connectivity index (χ1n) is 10.8. The van der Waals surface area contributed by atoms with E-state index in [0.717, 1.165) is 28.0 Å². The van der Waals surface area contributed by atoms with Gasteiger partial charge in [0.2, 0.25) is 0 Å². The number of carboxylic acid groups (broad SMARTS) is 1. The van der Waals surface area contributed by atoms with Crippen LogP contribution in [0, 0.1) is 0 Å². The zero-order valence-corrected chi connectivity index (χ0v) is 19.5. The molecular formula is C26H24F3N3O4. The Hall–Kier alpha value is -4.34. The molecule has 1 aliphatic rings. The molecule has 1 amide bonds. The fourth-order valence-corrected chi connectivity index (χ4v) is 3.72. The zero-order chi connectivity index (χ0) is 26.5. The highest BCUT2D eigenvalue weighted by atomic mass is 19.4. The molecule has 4 rings (SSSR count). The molecule has 188 valence electrons. The molecular weight excluding hydrogens is 475 g/mol. The number of alkyl halides is 3. The number of nitrogens with two attached hydrogens (primary N) is 1. The van der Waals surface area contributed by atoms with Crippen molar-refractivity contribution < 1.29 is 32.6 Å². The summed E-state index contributed by atoms with van der Waals surface area (Å²) in [6, 6.07) is 25.4. The van der Waals surface area contributed by atoms with Crippen LogP contribution in [-0.2, 0) is 15.1 Å². The number of hydrogen-bond donors (Lipinski definition) is 2. The van der Waals surface area contributed by atoms with Crippen LogP contribution in [0.1, 0.15) is 18.1 Å². The first-order chi connectivity index (χ1) is 17.0. The van der Waals surface area contributed by atoms with Crippen LogP contribution < -0.4 is 10.5 Å². The second-order valence-corrected chi connectivity index (χ2v) is 7.76. The number of aliphatic carboxylic acids is 1. The minimum absolute atomic E-state index is 0.165. The largest absolute Gasteiger partial charge is 0.494 e.